The zero-order chi connectivity index (χ0) is 7.61. The summed E-state index contributed by atoms with van der Waals surface area (Å²) in [4.78, 5) is 0. The highest BCUT2D eigenvalue weighted by Gasteiger charge is 2.05. The standard InChI is InChI=1S/C7H14/c1-7-5-3-2-4-6-7/h7H,2-6H2,1H3/i1D3. The predicted octanol–water partition coefficient (Wildman–Crippen LogP) is 2.59. The summed E-state index contributed by atoms with van der Waals surface area (Å²) < 4.78 is 21.5. The third-order valence-electron chi connectivity index (χ3n) is 1.61. The van der Waals surface area contributed by atoms with Crippen LogP contribution in [-0.4, -0.2) is 0 Å². The lowest BCUT2D eigenvalue weighted by Crippen LogP contribution is -1.99. The largest absolute Gasteiger partial charge is 0.0625 e. The molecular weight excluding hydrogens is 84.1 g/mol. The van der Waals surface area contributed by atoms with Crippen LogP contribution in [-0.2, 0) is 0 Å². The highest BCUT2D eigenvalue weighted by atomic mass is 14.1. The summed E-state index contributed by atoms with van der Waals surface area (Å²) in [6.07, 6.45) is 5.28. The first-order valence-corrected chi connectivity index (χ1v) is 3.11. The Labute approximate surface area is 50.1 Å². The molecule has 0 nitrogen and oxygen atoms in total. The Morgan fingerprint density at radius 2 is 2.00 bits per heavy atom. The summed E-state index contributed by atoms with van der Waals surface area (Å²) in [5, 5.41) is 0. The lowest BCUT2D eigenvalue weighted by atomic mass is 9.91. The maximum atomic E-state index is 7.16. The van der Waals surface area contributed by atoms with E-state index in [1.54, 1.807) is 0 Å². The Kier molecular flexibility index (Phi) is 0.844. The van der Waals surface area contributed by atoms with Crippen molar-refractivity contribution >= 4 is 0 Å². The van der Waals surface area contributed by atoms with Gasteiger partial charge in [0.1, 0.15) is 0 Å². The second kappa shape index (κ2) is 2.34. The van der Waals surface area contributed by atoms with Gasteiger partial charge in [-0.1, -0.05) is 39.0 Å². The molecule has 0 aliphatic heterocycles. The normalized spacial score (nSPS) is 33.4. The van der Waals surface area contributed by atoms with Gasteiger partial charge in [0.15, 0.2) is 0 Å². The number of rotatable bonds is 0. The highest BCUT2D eigenvalue weighted by molar-refractivity contribution is 4.59. The van der Waals surface area contributed by atoms with Crippen molar-refractivity contribution in [1.82, 2.24) is 0 Å². The van der Waals surface area contributed by atoms with Gasteiger partial charge in [0.2, 0.25) is 0 Å². The second-order valence-electron chi connectivity index (χ2n) is 2.33. The van der Waals surface area contributed by atoms with E-state index in [1.165, 1.54) is 6.42 Å². The van der Waals surface area contributed by atoms with Gasteiger partial charge in [0.25, 0.3) is 0 Å². The molecule has 0 radical (unpaired) electrons. The first kappa shape index (κ1) is 2.52. The van der Waals surface area contributed by atoms with Crippen molar-refractivity contribution in [3.63, 3.8) is 0 Å². The van der Waals surface area contributed by atoms with Crippen LogP contribution in [0.2, 0.25) is 0 Å². The molecule has 0 bridgehead atoms. The molecule has 1 aliphatic carbocycles. The van der Waals surface area contributed by atoms with E-state index < -0.39 is 6.85 Å². The molecular formula is C7H14. The lowest BCUT2D eigenvalue weighted by Gasteiger charge is -2.15. The predicted molar refractivity (Wildman–Crippen MR) is 32.2 cm³/mol. The van der Waals surface area contributed by atoms with Crippen LogP contribution < -0.4 is 0 Å². The van der Waals surface area contributed by atoms with Gasteiger partial charge in [-0.2, -0.15) is 0 Å². The number of hydrogen-bond acceptors (Lipinski definition) is 0. The Morgan fingerprint density at radius 3 is 2.43 bits per heavy atom. The summed E-state index contributed by atoms with van der Waals surface area (Å²) in [6, 6.07) is 0. The van der Waals surface area contributed by atoms with Crippen molar-refractivity contribution in [3.05, 3.63) is 0 Å². The lowest BCUT2D eigenvalue weighted by molar-refractivity contribution is 0.385. The van der Waals surface area contributed by atoms with Crippen LogP contribution in [0.25, 0.3) is 0 Å². The van der Waals surface area contributed by atoms with Gasteiger partial charge < -0.3 is 0 Å². The molecule has 0 spiro atoms. The van der Waals surface area contributed by atoms with E-state index in [0.29, 0.717) is 0 Å². The van der Waals surface area contributed by atoms with Gasteiger partial charge in [-0.15, -0.1) is 0 Å². The van der Waals surface area contributed by atoms with E-state index in [4.69, 9.17) is 4.11 Å². The van der Waals surface area contributed by atoms with Crippen molar-refractivity contribution in [2.45, 2.75) is 39.0 Å². The van der Waals surface area contributed by atoms with Gasteiger partial charge in [-0.05, 0) is 5.92 Å². The monoisotopic (exact) mass is 101 g/mol. The van der Waals surface area contributed by atoms with Gasteiger partial charge in [0.05, 0.1) is 0 Å². The molecule has 0 aromatic heterocycles. The minimum Gasteiger partial charge on any atom is -0.0625 e. The minimum absolute atomic E-state index is 0.00116. The van der Waals surface area contributed by atoms with Crippen LogP contribution in [0.1, 0.15) is 43.1 Å². The summed E-state index contributed by atoms with van der Waals surface area (Å²) in [5.41, 5.74) is 0. The topological polar surface area (TPSA) is 0 Å². The van der Waals surface area contributed by atoms with E-state index in [0.717, 1.165) is 25.7 Å². The second-order valence-corrected chi connectivity index (χ2v) is 2.33. The summed E-state index contributed by atoms with van der Waals surface area (Å²) in [7, 11) is 0. The molecule has 0 heteroatoms. The van der Waals surface area contributed by atoms with Gasteiger partial charge >= 0.3 is 0 Å². The van der Waals surface area contributed by atoms with Gasteiger partial charge in [0, 0.05) is 4.11 Å². The third-order valence-corrected chi connectivity index (χ3v) is 1.61. The first-order chi connectivity index (χ1) is 4.61. The van der Waals surface area contributed by atoms with Crippen molar-refractivity contribution in [2.24, 2.45) is 5.92 Å². The molecule has 0 heterocycles. The van der Waals surface area contributed by atoms with Crippen molar-refractivity contribution in [1.29, 1.82) is 0 Å². The molecule has 7 heavy (non-hydrogen) atoms. The average Bonchev–Trinajstić information content (AvgIpc) is 1.88. The first-order valence-electron chi connectivity index (χ1n) is 4.61. The van der Waals surface area contributed by atoms with Crippen molar-refractivity contribution in [3.8, 4) is 0 Å². The summed E-state index contributed by atoms with van der Waals surface area (Å²) in [5.74, 6) is 0.00116. The van der Waals surface area contributed by atoms with E-state index >= 15 is 0 Å². The molecule has 0 amide bonds. The van der Waals surface area contributed by atoms with Gasteiger partial charge in [-0.3, -0.25) is 0 Å². The summed E-state index contributed by atoms with van der Waals surface area (Å²) in [6.45, 7) is -1.68. The Morgan fingerprint density at radius 1 is 1.29 bits per heavy atom. The average molecular weight is 101 g/mol. The fourth-order valence-corrected chi connectivity index (χ4v) is 1.10. The van der Waals surface area contributed by atoms with Crippen LogP contribution in [0, 0.1) is 5.92 Å². The van der Waals surface area contributed by atoms with E-state index in [2.05, 4.69) is 0 Å². The van der Waals surface area contributed by atoms with Crippen LogP contribution in [0.15, 0.2) is 0 Å². The number of hydrogen-bond donors (Lipinski definition) is 0. The molecule has 0 saturated heterocycles. The molecule has 0 N–H and O–H groups in total. The summed E-state index contributed by atoms with van der Waals surface area (Å²) >= 11 is 0. The molecule has 0 atom stereocenters. The van der Waals surface area contributed by atoms with E-state index in [9.17, 15) is 0 Å². The molecule has 1 aliphatic rings. The van der Waals surface area contributed by atoms with Crippen LogP contribution in [0.4, 0.5) is 0 Å². The zero-order valence-corrected chi connectivity index (χ0v) is 4.61. The fraction of sp³-hybridized carbons (Fsp3) is 1.00. The minimum atomic E-state index is -1.68. The molecule has 0 unspecified atom stereocenters. The molecule has 1 rings (SSSR count). The Balaban J connectivity index is 2.39. The van der Waals surface area contributed by atoms with E-state index in [-0.39, 0.29) is 5.92 Å². The van der Waals surface area contributed by atoms with Gasteiger partial charge in [-0.25, -0.2) is 0 Å². The SMILES string of the molecule is [2H]C([2H])([2H])C1CCCCC1. The molecule has 0 aromatic rings. The van der Waals surface area contributed by atoms with Crippen LogP contribution in [0.3, 0.4) is 0 Å². The maximum absolute atomic E-state index is 7.16. The zero-order valence-electron chi connectivity index (χ0n) is 7.61. The molecule has 1 saturated carbocycles. The van der Waals surface area contributed by atoms with Crippen molar-refractivity contribution < 1.29 is 4.11 Å². The smallest absolute Gasteiger partial charge is 0.0233 e. The molecule has 42 valence electrons. The van der Waals surface area contributed by atoms with Crippen molar-refractivity contribution in [2.75, 3.05) is 0 Å². The third kappa shape index (κ3) is 1.50. The van der Waals surface area contributed by atoms with Crippen LogP contribution in [0.5, 0.6) is 0 Å². The Bertz CT molecular complexity index is 99.9. The quantitative estimate of drug-likeness (QED) is 0.440. The Hall–Kier alpha value is 0. The molecule has 0 aromatic carbocycles. The van der Waals surface area contributed by atoms with Crippen LogP contribution >= 0.6 is 0 Å². The van der Waals surface area contributed by atoms with E-state index in [1.807, 2.05) is 0 Å². The fourth-order valence-electron chi connectivity index (χ4n) is 1.10. The maximum Gasteiger partial charge on any atom is 0.0233 e. The highest BCUT2D eigenvalue weighted by Crippen LogP contribution is 2.21. The molecule has 1 fully saturated rings.